The molecule has 9 heteroatoms. The van der Waals surface area contributed by atoms with E-state index in [9.17, 15) is 9.59 Å². The minimum absolute atomic E-state index is 0.0225. The summed E-state index contributed by atoms with van der Waals surface area (Å²) >= 11 is 7.58. The number of aromatic nitrogens is 1. The van der Waals surface area contributed by atoms with E-state index in [1.165, 1.54) is 22.3 Å². The van der Waals surface area contributed by atoms with Crippen LogP contribution < -0.4 is 15.2 Å². The number of benzene rings is 4. The molecule has 0 radical (unpaired) electrons. The lowest BCUT2D eigenvalue weighted by Crippen LogP contribution is -2.53. The molecule has 2 aliphatic rings. The van der Waals surface area contributed by atoms with Gasteiger partial charge in [-0.15, -0.1) is 0 Å². The van der Waals surface area contributed by atoms with Gasteiger partial charge in [0.2, 0.25) is 5.76 Å². The molecule has 0 N–H and O–H groups in total. The van der Waals surface area contributed by atoms with Crippen molar-refractivity contribution in [2.45, 2.75) is 19.0 Å². The van der Waals surface area contributed by atoms with Gasteiger partial charge in [0.1, 0.15) is 5.58 Å². The van der Waals surface area contributed by atoms with Crippen molar-refractivity contribution in [1.82, 2.24) is 4.98 Å². The van der Waals surface area contributed by atoms with Gasteiger partial charge in [0, 0.05) is 10.6 Å². The van der Waals surface area contributed by atoms with Crippen LogP contribution in [0, 0.1) is 6.92 Å². The Labute approximate surface area is 248 Å². The van der Waals surface area contributed by atoms with Crippen molar-refractivity contribution in [2.75, 3.05) is 9.80 Å². The Kier molecular flexibility index (Phi) is 5.26. The van der Waals surface area contributed by atoms with Crippen LogP contribution in [0.5, 0.6) is 0 Å². The lowest BCUT2D eigenvalue weighted by atomic mass is 9.84. The minimum atomic E-state index is -1.82. The Morgan fingerprint density at radius 2 is 1.71 bits per heavy atom. The maximum Gasteiger partial charge on any atom is 0.297 e. The molecule has 204 valence electrons. The molecule has 0 fully saturated rings. The second-order valence-electron chi connectivity index (χ2n) is 10.5. The van der Waals surface area contributed by atoms with Crippen LogP contribution in [-0.2, 0) is 16.9 Å². The van der Waals surface area contributed by atoms with Gasteiger partial charge in [-0.05, 0) is 54.4 Å². The quantitative estimate of drug-likeness (QED) is 0.226. The summed E-state index contributed by atoms with van der Waals surface area (Å²) in [6.07, 6.45) is 0. The summed E-state index contributed by atoms with van der Waals surface area (Å²) in [5.74, 6) is -1.20. The van der Waals surface area contributed by atoms with Gasteiger partial charge >= 0.3 is 0 Å². The Bertz CT molecular complexity index is 2190. The summed E-state index contributed by atoms with van der Waals surface area (Å²) in [5.41, 5.74) is 1.65. The van der Waals surface area contributed by atoms with E-state index in [0.717, 1.165) is 15.8 Å². The van der Waals surface area contributed by atoms with Crippen LogP contribution in [0.4, 0.5) is 10.8 Å². The number of hydrogen-bond donors (Lipinski definition) is 0. The van der Waals surface area contributed by atoms with Gasteiger partial charge in [0.15, 0.2) is 16.1 Å². The molecular weight excluding hydrogens is 570 g/mol. The SMILES string of the molecule is Cc1ccc2nc(N3C(=O)c4oc5ccc(Cl)cc5c(=O)c4C34C(=O)N(Cc3ccccc3)c3ccccc34)sc2c1. The van der Waals surface area contributed by atoms with Gasteiger partial charge in [-0.1, -0.05) is 77.5 Å². The predicted molar refractivity (Wildman–Crippen MR) is 164 cm³/mol. The van der Waals surface area contributed by atoms with Crippen LogP contribution in [0.15, 0.2) is 100 Å². The number of carbonyl (C=O) groups excluding carboxylic acids is 2. The van der Waals surface area contributed by atoms with E-state index in [-0.39, 0.29) is 28.8 Å². The van der Waals surface area contributed by atoms with Gasteiger partial charge in [0.05, 0.1) is 33.4 Å². The second-order valence-corrected chi connectivity index (χ2v) is 11.9. The smallest absolute Gasteiger partial charge is 0.297 e. The summed E-state index contributed by atoms with van der Waals surface area (Å²) in [4.78, 5) is 51.7. The fourth-order valence-electron chi connectivity index (χ4n) is 6.17. The number of fused-ring (bicyclic) bond motifs is 6. The number of nitrogens with zero attached hydrogens (tertiary/aromatic N) is 3. The molecule has 2 aromatic heterocycles. The van der Waals surface area contributed by atoms with E-state index in [4.69, 9.17) is 21.0 Å². The van der Waals surface area contributed by atoms with Crippen LogP contribution >= 0.6 is 22.9 Å². The first-order valence-electron chi connectivity index (χ1n) is 13.3. The Balaban J connectivity index is 1.47. The molecule has 0 aliphatic carbocycles. The number of amides is 2. The molecule has 1 atom stereocenters. The monoisotopic (exact) mass is 589 g/mol. The average molecular weight is 590 g/mol. The van der Waals surface area contributed by atoms with Crippen LogP contribution in [0.2, 0.25) is 5.02 Å². The van der Waals surface area contributed by atoms with Gasteiger partial charge in [-0.3, -0.25) is 19.3 Å². The number of halogens is 1. The van der Waals surface area contributed by atoms with Crippen molar-refractivity contribution in [3.05, 3.63) is 134 Å². The fraction of sp³-hybridized carbons (Fsp3) is 0.0909. The highest BCUT2D eigenvalue weighted by atomic mass is 35.5. The zero-order chi connectivity index (χ0) is 28.7. The molecule has 2 amide bonds. The van der Waals surface area contributed by atoms with Crippen LogP contribution in [-0.4, -0.2) is 16.8 Å². The molecule has 4 heterocycles. The molecule has 6 aromatic rings. The Morgan fingerprint density at radius 3 is 2.55 bits per heavy atom. The normalized spacial score (nSPS) is 17.6. The third-order valence-electron chi connectivity index (χ3n) is 7.99. The van der Waals surface area contributed by atoms with E-state index in [2.05, 4.69) is 0 Å². The highest BCUT2D eigenvalue weighted by Crippen LogP contribution is 2.55. The molecule has 1 spiro atoms. The summed E-state index contributed by atoms with van der Waals surface area (Å²) in [7, 11) is 0. The lowest BCUT2D eigenvalue weighted by molar-refractivity contribution is -0.121. The van der Waals surface area contributed by atoms with E-state index in [1.54, 1.807) is 23.1 Å². The van der Waals surface area contributed by atoms with E-state index in [0.29, 0.717) is 26.9 Å². The molecule has 7 nitrogen and oxygen atoms in total. The maximum absolute atomic E-state index is 15.0. The lowest BCUT2D eigenvalue weighted by Gasteiger charge is -2.32. The first kappa shape index (κ1) is 25.0. The minimum Gasteiger partial charge on any atom is -0.450 e. The molecule has 0 saturated heterocycles. The molecule has 4 aromatic carbocycles. The average Bonchev–Trinajstić information content (AvgIpc) is 3.60. The third-order valence-corrected chi connectivity index (χ3v) is 9.23. The standard InChI is InChI=1S/C33H20ClN3O4S/c1-18-11-13-23-26(15-18)42-32(35-23)37-30(39)29-27(28(38)21-16-20(34)12-14-25(21)41-29)33(37)22-9-5-6-10-24(22)36(31(33)40)17-19-7-3-2-4-8-19/h2-16H,17H2,1H3. The Hall–Kier alpha value is -4.79. The summed E-state index contributed by atoms with van der Waals surface area (Å²) < 4.78 is 7.02. The highest BCUT2D eigenvalue weighted by molar-refractivity contribution is 7.22. The van der Waals surface area contributed by atoms with Gasteiger partial charge in [0.25, 0.3) is 11.8 Å². The molecule has 0 saturated carbocycles. The predicted octanol–water partition coefficient (Wildman–Crippen LogP) is 6.82. The number of para-hydroxylation sites is 1. The fourth-order valence-corrected chi connectivity index (χ4v) is 7.46. The van der Waals surface area contributed by atoms with E-state index < -0.39 is 22.8 Å². The highest BCUT2D eigenvalue weighted by Gasteiger charge is 2.66. The summed E-state index contributed by atoms with van der Waals surface area (Å²) in [6, 6.07) is 27.4. The zero-order valence-corrected chi connectivity index (χ0v) is 23.7. The first-order valence-corrected chi connectivity index (χ1v) is 14.5. The largest absolute Gasteiger partial charge is 0.450 e. The topological polar surface area (TPSA) is 83.7 Å². The Morgan fingerprint density at radius 1 is 0.929 bits per heavy atom. The molecule has 2 aliphatic heterocycles. The van der Waals surface area contributed by atoms with E-state index in [1.807, 2.05) is 73.7 Å². The summed E-state index contributed by atoms with van der Waals surface area (Å²) in [5, 5.41) is 0.843. The van der Waals surface area contributed by atoms with Gasteiger partial charge < -0.3 is 9.32 Å². The molecular formula is C33H20ClN3O4S. The maximum atomic E-state index is 15.0. The molecule has 0 bridgehead atoms. The summed E-state index contributed by atoms with van der Waals surface area (Å²) in [6.45, 7) is 2.23. The van der Waals surface area contributed by atoms with Crippen molar-refractivity contribution in [3.63, 3.8) is 0 Å². The number of carbonyl (C=O) groups is 2. The van der Waals surface area contributed by atoms with Crippen molar-refractivity contribution in [3.8, 4) is 0 Å². The van der Waals surface area contributed by atoms with Gasteiger partial charge in [-0.25, -0.2) is 4.98 Å². The first-order chi connectivity index (χ1) is 20.4. The van der Waals surface area contributed by atoms with Gasteiger partial charge in [-0.2, -0.15) is 0 Å². The number of hydrogen-bond acceptors (Lipinski definition) is 6. The zero-order valence-electron chi connectivity index (χ0n) is 22.1. The number of anilines is 2. The molecule has 1 unspecified atom stereocenters. The number of aryl methyl sites for hydroxylation is 1. The third kappa shape index (κ3) is 3.27. The second kappa shape index (κ2) is 8.85. The van der Waals surface area contributed by atoms with Crippen molar-refractivity contribution in [2.24, 2.45) is 0 Å². The van der Waals surface area contributed by atoms with Crippen molar-refractivity contribution >= 4 is 66.8 Å². The van der Waals surface area contributed by atoms with Crippen LogP contribution in [0.1, 0.15) is 32.8 Å². The molecule has 42 heavy (non-hydrogen) atoms. The number of rotatable bonds is 3. The molecule has 8 rings (SSSR count). The number of thiazole rings is 1. The van der Waals surface area contributed by atoms with Crippen LogP contribution in [0.25, 0.3) is 21.2 Å². The van der Waals surface area contributed by atoms with Crippen LogP contribution in [0.3, 0.4) is 0 Å². The van der Waals surface area contributed by atoms with E-state index >= 15 is 4.79 Å². The van der Waals surface area contributed by atoms with Crippen molar-refractivity contribution in [1.29, 1.82) is 0 Å². The van der Waals surface area contributed by atoms with Crippen molar-refractivity contribution < 1.29 is 14.0 Å².